The van der Waals surface area contributed by atoms with E-state index in [0.717, 1.165) is 54.5 Å². The number of ether oxygens (including phenoxy) is 1. The zero-order chi connectivity index (χ0) is 43.4. The largest absolute Gasteiger partial charge is 0.497 e. The van der Waals surface area contributed by atoms with Gasteiger partial charge in [0.05, 0.1) is 23.3 Å². The van der Waals surface area contributed by atoms with Gasteiger partial charge in [-0.15, -0.1) is 11.8 Å². The Labute approximate surface area is 366 Å². The number of carbonyl (C=O) groups excluding carboxylic acids is 3. The van der Waals surface area contributed by atoms with Crippen molar-refractivity contribution < 1.29 is 27.5 Å². The maximum Gasteiger partial charge on any atom is 0.255 e. The molecule has 2 fully saturated rings. The first-order valence-electron chi connectivity index (χ1n) is 21.5. The average Bonchev–Trinajstić information content (AvgIpc) is 3.71. The van der Waals surface area contributed by atoms with Crippen molar-refractivity contribution >= 4 is 50.9 Å². The second-order valence-electron chi connectivity index (χ2n) is 17.0. The minimum Gasteiger partial charge on any atom is -0.497 e. The van der Waals surface area contributed by atoms with Crippen molar-refractivity contribution in [1.82, 2.24) is 14.9 Å². The van der Waals surface area contributed by atoms with Gasteiger partial charge in [0.15, 0.2) is 0 Å². The summed E-state index contributed by atoms with van der Waals surface area (Å²) >= 11 is 1.45. The van der Waals surface area contributed by atoms with E-state index in [4.69, 9.17) is 4.74 Å². The van der Waals surface area contributed by atoms with Crippen LogP contribution >= 0.6 is 11.8 Å². The fraction of sp³-hybridized carbons (Fsp3) is 0.438. The molecule has 3 amide bonds. The number of amides is 3. The molecule has 3 aliphatic rings. The summed E-state index contributed by atoms with van der Waals surface area (Å²) in [6, 6.07) is 30.5. The molecular formula is C48H61N5O6S2. The summed E-state index contributed by atoms with van der Waals surface area (Å²) in [5.74, 6) is 1.90. The molecule has 4 aromatic carbocycles. The van der Waals surface area contributed by atoms with Crippen LogP contribution in [0.5, 0.6) is 5.75 Å². The number of piperazine rings is 1. The second-order valence-corrected chi connectivity index (χ2v) is 19.6. The van der Waals surface area contributed by atoms with Gasteiger partial charge in [-0.3, -0.25) is 14.4 Å². The van der Waals surface area contributed by atoms with E-state index in [-0.39, 0.29) is 29.2 Å². The highest BCUT2D eigenvalue weighted by Crippen LogP contribution is 2.31. The number of carbonyl (C=O) groups is 3. The van der Waals surface area contributed by atoms with Crippen molar-refractivity contribution in [2.75, 3.05) is 55.4 Å². The number of fused-ring (bicyclic) bond motifs is 1. The molecule has 1 saturated heterocycles. The standard InChI is InChI=1S/C28H29N3O3S.C20H32N2O3S/c1-34-23-9-6-8-22(19-23)29-15-17-30(18-16-29)28(33)24-10-3-5-12-26(24)35-20-27(32)31-14-13-21-7-2-4-11-25(21)31;1-20(2,3)22-26(24,25)18-12-8-7-11-17(18)15-21-19(23)14-13-16-9-5-4-6-10-16/h2-12,19H,13-18,20H2,1H3;7-8,11-12,16,22H,4-6,9-10,13-15H2,1-3H3,(H,21,23). The highest BCUT2D eigenvalue weighted by molar-refractivity contribution is 8.00. The quantitative estimate of drug-likeness (QED) is 0.129. The number of rotatable bonds is 13. The van der Waals surface area contributed by atoms with E-state index < -0.39 is 15.6 Å². The minimum atomic E-state index is -3.63. The predicted molar refractivity (Wildman–Crippen MR) is 245 cm³/mol. The van der Waals surface area contributed by atoms with E-state index in [9.17, 15) is 22.8 Å². The third-order valence-corrected chi connectivity index (χ3v) is 14.2. The normalized spacial score (nSPS) is 15.7. The molecule has 13 heteroatoms. The molecule has 7 rings (SSSR count). The molecule has 11 nitrogen and oxygen atoms in total. The Balaban J connectivity index is 0.000000214. The van der Waals surface area contributed by atoms with Crippen LogP contribution in [0.25, 0.3) is 0 Å². The van der Waals surface area contributed by atoms with Gasteiger partial charge in [0.1, 0.15) is 5.75 Å². The number of para-hydroxylation sites is 1. The maximum atomic E-state index is 13.4. The third-order valence-electron chi connectivity index (χ3n) is 11.3. The lowest BCUT2D eigenvalue weighted by atomic mass is 9.86. The lowest BCUT2D eigenvalue weighted by Crippen LogP contribution is -2.48. The minimum absolute atomic E-state index is 0.00782. The number of methoxy groups -OCH3 is 1. The van der Waals surface area contributed by atoms with Gasteiger partial charge in [-0.25, -0.2) is 13.1 Å². The molecule has 2 aliphatic heterocycles. The van der Waals surface area contributed by atoms with Gasteiger partial charge in [0.2, 0.25) is 21.8 Å². The summed E-state index contributed by atoms with van der Waals surface area (Å²) in [4.78, 5) is 45.7. The van der Waals surface area contributed by atoms with Crippen LogP contribution in [0.3, 0.4) is 0 Å². The van der Waals surface area contributed by atoms with Crippen LogP contribution in [0.2, 0.25) is 0 Å². The molecule has 1 saturated carbocycles. The van der Waals surface area contributed by atoms with Crippen molar-refractivity contribution in [3.63, 3.8) is 0 Å². The summed E-state index contributed by atoms with van der Waals surface area (Å²) in [5, 5.41) is 2.88. The van der Waals surface area contributed by atoms with Crippen LogP contribution in [-0.4, -0.2) is 82.2 Å². The first kappa shape index (κ1) is 45.7. The molecule has 2 heterocycles. The molecule has 1 aliphatic carbocycles. The van der Waals surface area contributed by atoms with Gasteiger partial charge in [0, 0.05) is 73.6 Å². The summed E-state index contributed by atoms with van der Waals surface area (Å²) < 4.78 is 33.3. The molecule has 4 aromatic rings. The highest BCUT2D eigenvalue weighted by atomic mass is 32.2. The zero-order valence-electron chi connectivity index (χ0n) is 36.0. The summed E-state index contributed by atoms with van der Waals surface area (Å²) in [5.41, 5.74) is 4.05. The van der Waals surface area contributed by atoms with Gasteiger partial charge in [-0.2, -0.15) is 0 Å². The fourth-order valence-electron chi connectivity index (χ4n) is 8.19. The number of nitrogens with one attached hydrogen (secondary N) is 2. The molecule has 0 bridgehead atoms. The van der Waals surface area contributed by atoms with Crippen LogP contribution in [0.1, 0.15) is 87.2 Å². The van der Waals surface area contributed by atoms with Gasteiger partial charge >= 0.3 is 0 Å². The molecule has 0 unspecified atom stereocenters. The molecular weight excluding hydrogens is 807 g/mol. The number of thioether (sulfide) groups is 1. The number of benzene rings is 4. The number of hydrogen-bond donors (Lipinski definition) is 2. The van der Waals surface area contributed by atoms with Gasteiger partial charge in [0.25, 0.3) is 5.91 Å². The zero-order valence-corrected chi connectivity index (χ0v) is 37.7. The van der Waals surface area contributed by atoms with E-state index in [1.165, 1.54) is 49.4 Å². The van der Waals surface area contributed by atoms with E-state index in [1.54, 1.807) is 52.1 Å². The first-order valence-corrected chi connectivity index (χ1v) is 23.9. The number of anilines is 2. The summed E-state index contributed by atoms with van der Waals surface area (Å²) in [6.07, 6.45) is 8.66. The van der Waals surface area contributed by atoms with Gasteiger partial charge in [-0.05, 0) is 87.1 Å². The Morgan fingerprint density at radius 3 is 2.28 bits per heavy atom. The van der Waals surface area contributed by atoms with Crippen LogP contribution in [0.15, 0.2) is 107 Å². The Hall–Kier alpha value is -4.85. The lowest BCUT2D eigenvalue weighted by molar-refractivity contribution is -0.121. The van der Waals surface area contributed by atoms with Crippen LogP contribution in [0.4, 0.5) is 11.4 Å². The first-order chi connectivity index (χ1) is 29.3. The summed E-state index contributed by atoms with van der Waals surface area (Å²) in [7, 11) is -1.96. The third kappa shape index (κ3) is 12.8. The van der Waals surface area contributed by atoms with E-state index in [1.807, 2.05) is 70.5 Å². The van der Waals surface area contributed by atoms with Crippen molar-refractivity contribution in [3.05, 3.63) is 114 Å². The molecule has 0 aromatic heterocycles. The van der Waals surface area contributed by atoms with E-state index in [2.05, 4.69) is 27.1 Å². The SMILES string of the molecule is CC(C)(C)NS(=O)(=O)c1ccccc1CNC(=O)CCC1CCCCC1.COc1cccc(N2CCN(C(=O)c3ccccc3SCC(=O)N3CCc4ccccc43)CC2)c1. The monoisotopic (exact) mass is 867 g/mol. The Kier molecular flexibility index (Phi) is 15.9. The Morgan fingerprint density at radius 1 is 0.820 bits per heavy atom. The fourth-order valence-corrected chi connectivity index (χ4v) is 10.8. The number of hydrogen-bond acceptors (Lipinski definition) is 8. The lowest BCUT2D eigenvalue weighted by Gasteiger charge is -2.36. The topological polar surface area (TPSA) is 128 Å². The van der Waals surface area contributed by atoms with Gasteiger partial charge < -0.3 is 24.8 Å². The molecule has 0 spiro atoms. The molecule has 326 valence electrons. The van der Waals surface area contributed by atoms with Crippen LogP contribution in [-0.2, 0) is 32.6 Å². The average molecular weight is 868 g/mol. The highest BCUT2D eigenvalue weighted by Gasteiger charge is 2.28. The van der Waals surface area contributed by atoms with Crippen LogP contribution in [0, 0.1) is 5.92 Å². The molecule has 0 radical (unpaired) electrons. The van der Waals surface area contributed by atoms with E-state index in [0.29, 0.717) is 42.3 Å². The van der Waals surface area contributed by atoms with Gasteiger partial charge in [-0.1, -0.05) is 86.7 Å². The Bertz CT molecular complexity index is 2230. The van der Waals surface area contributed by atoms with Crippen molar-refractivity contribution in [2.24, 2.45) is 5.92 Å². The van der Waals surface area contributed by atoms with Crippen molar-refractivity contribution in [2.45, 2.75) is 94.0 Å². The van der Waals surface area contributed by atoms with Crippen molar-refractivity contribution in [3.8, 4) is 5.75 Å². The number of sulfonamides is 1. The second kappa shape index (κ2) is 21.3. The smallest absolute Gasteiger partial charge is 0.255 e. The van der Waals surface area contributed by atoms with Crippen LogP contribution < -0.4 is 24.6 Å². The number of nitrogens with zero attached hydrogens (tertiary/aromatic N) is 3. The predicted octanol–water partition coefficient (Wildman–Crippen LogP) is 8.08. The molecule has 0 atom stereocenters. The van der Waals surface area contributed by atoms with Crippen molar-refractivity contribution in [1.29, 1.82) is 0 Å². The van der Waals surface area contributed by atoms with E-state index >= 15 is 0 Å². The molecule has 61 heavy (non-hydrogen) atoms. The molecule has 2 N–H and O–H groups in total. The maximum absolute atomic E-state index is 13.4. The Morgan fingerprint density at radius 2 is 1.52 bits per heavy atom. The summed E-state index contributed by atoms with van der Waals surface area (Å²) in [6.45, 7) is 9.20.